The quantitative estimate of drug-likeness (QED) is 0.816. The summed E-state index contributed by atoms with van der Waals surface area (Å²) in [4.78, 5) is 1.37. The summed E-state index contributed by atoms with van der Waals surface area (Å²) in [7, 11) is 0. The number of hydrogen-bond donors (Lipinski definition) is 1. The van der Waals surface area contributed by atoms with Crippen LogP contribution in [0.4, 0.5) is 0 Å². The largest absolute Gasteiger partial charge is 0.320 e. The maximum Gasteiger partial charge on any atom is 0.0550 e. The molecule has 1 aromatic heterocycles. The molecular weight excluding hydrogens is 226 g/mol. The number of fused-ring (bicyclic) bond motifs is 1. The second kappa shape index (κ2) is 3.97. The molecule has 3 rings (SSSR count). The number of aryl methyl sites for hydroxylation is 2. The molecule has 0 fully saturated rings. The minimum Gasteiger partial charge on any atom is -0.320 e. The monoisotopic (exact) mass is 243 g/mol. The van der Waals surface area contributed by atoms with Gasteiger partial charge in [0.25, 0.3) is 0 Å². The first-order chi connectivity index (χ1) is 8.19. The van der Waals surface area contributed by atoms with E-state index in [1.807, 2.05) is 0 Å². The maximum absolute atomic E-state index is 6.65. The Kier molecular flexibility index (Phi) is 2.57. The van der Waals surface area contributed by atoms with Gasteiger partial charge in [0.05, 0.1) is 5.54 Å². The molecule has 2 aromatic rings. The normalized spacial score (nSPS) is 23.4. The fourth-order valence-corrected chi connectivity index (χ4v) is 3.91. The van der Waals surface area contributed by atoms with E-state index in [0.29, 0.717) is 0 Å². The Balaban J connectivity index is 2.01. The van der Waals surface area contributed by atoms with Crippen molar-refractivity contribution in [2.24, 2.45) is 5.73 Å². The van der Waals surface area contributed by atoms with Gasteiger partial charge in [-0.2, -0.15) is 0 Å². The first kappa shape index (κ1) is 11.0. The highest BCUT2D eigenvalue weighted by molar-refractivity contribution is 7.10. The second-order valence-electron chi connectivity index (χ2n) is 5.03. The van der Waals surface area contributed by atoms with E-state index in [1.54, 1.807) is 11.3 Å². The van der Waals surface area contributed by atoms with Crippen molar-refractivity contribution in [3.05, 3.63) is 57.3 Å². The summed E-state index contributed by atoms with van der Waals surface area (Å²) in [5, 5.41) is 2.15. The topological polar surface area (TPSA) is 26.0 Å². The summed E-state index contributed by atoms with van der Waals surface area (Å²) in [6.07, 6.45) is 3.14. The second-order valence-corrected chi connectivity index (χ2v) is 5.95. The molecule has 0 bridgehead atoms. The standard InChI is InChI=1S/C15H17NS/c1-11-7-9-17-14(11)15(16)8-6-12-4-2-3-5-13(12)10-15/h2-5,7,9H,6,8,10,16H2,1H3. The van der Waals surface area contributed by atoms with Crippen molar-refractivity contribution in [2.75, 3.05) is 0 Å². The van der Waals surface area contributed by atoms with E-state index >= 15 is 0 Å². The fourth-order valence-electron chi connectivity index (χ4n) is 2.84. The van der Waals surface area contributed by atoms with Gasteiger partial charge in [0.15, 0.2) is 0 Å². The molecule has 1 unspecified atom stereocenters. The molecule has 88 valence electrons. The van der Waals surface area contributed by atoms with Crippen LogP contribution >= 0.6 is 11.3 Å². The average Bonchev–Trinajstić information content (AvgIpc) is 2.76. The highest BCUT2D eigenvalue weighted by atomic mass is 32.1. The van der Waals surface area contributed by atoms with Gasteiger partial charge in [0.2, 0.25) is 0 Å². The van der Waals surface area contributed by atoms with Gasteiger partial charge in [-0.3, -0.25) is 0 Å². The first-order valence-electron chi connectivity index (χ1n) is 6.09. The van der Waals surface area contributed by atoms with Crippen molar-refractivity contribution in [1.82, 2.24) is 0 Å². The van der Waals surface area contributed by atoms with Gasteiger partial charge < -0.3 is 5.73 Å². The summed E-state index contributed by atoms with van der Waals surface area (Å²) in [5.41, 5.74) is 10.7. The van der Waals surface area contributed by atoms with E-state index in [2.05, 4.69) is 42.6 Å². The van der Waals surface area contributed by atoms with Crippen LogP contribution in [0.25, 0.3) is 0 Å². The van der Waals surface area contributed by atoms with Crippen LogP contribution < -0.4 is 5.73 Å². The molecule has 1 aliphatic rings. The van der Waals surface area contributed by atoms with Gasteiger partial charge in [-0.05, 0) is 54.3 Å². The molecule has 2 N–H and O–H groups in total. The van der Waals surface area contributed by atoms with Crippen LogP contribution in [0.1, 0.15) is 28.0 Å². The average molecular weight is 243 g/mol. The number of thiophene rings is 1. The van der Waals surface area contributed by atoms with Crippen molar-refractivity contribution in [3.63, 3.8) is 0 Å². The Morgan fingerprint density at radius 2 is 1.94 bits per heavy atom. The lowest BCUT2D eigenvalue weighted by molar-refractivity contribution is 0.391. The number of rotatable bonds is 1. The van der Waals surface area contributed by atoms with Crippen LogP contribution in [0.2, 0.25) is 0 Å². The van der Waals surface area contributed by atoms with E-state index in [-0.39, 0.29) is 5.54 Å². The van der Waals surface area contributed by atoms with E-state index in [4.69, 9.17) is 5.73 Å². The molecule has 1 nitrogen and oxygen atoms in total. The SMILES string of the molecule is Cc1ccsc1C1(N)CCc2ccccc2C1. The summed E-state index contributed by atoms with van der Waals surface area (Å²) < 4.78 is 0. The van der Waals surface area contributed by atoms with Crippen molar-refractivity contribution < 1.29 is 0 Å². The number of nitrogens with two attached hydrogens (primary N) is 1. The van der Waals surface area contributed by atoms with Gasteiger partial charge in [-0.1, -0.05) is 24.3 Å². The van der Waals surface area contributed by atoms with Crippen LogP contribution in [0.3, 0.4) is 0 Å². The Bertz CT molecular complexity index is 543. The third kappa shape index (κ3) is 1.81. The molecule has 0 amide bonds. The highest BCUT2D eigenvalue weighted by Gasteiger charge is 2.33. The van der Waals surface area contributed by atoms with E-state index in [0.717, 1.165) is 19.3 Å². The van der Waals surface area contributed by atoms with E-state index < -0.39 is 0 Å². The van der Waals surface area contributed by atoms with Crippen molar-refractivity contribution in [1.29, 1.82) is 0 Å². The van der Waals surface area contributed by atoms with Gasteiger partial charge in [0.1, 0.15) is 0 Å². The Hall–Kier alpha value is -1.12. The zero-order valence-corrected chi connectivity index (χ0v) is 10.9. The lowest BCUT2D eigenvalue weighted by atomic mass is 9.77. The highest BCUT2D eigenvalue weighted by Crippen LogP contribution is 2.38. The third-order valence-corrected chi connectivity index (χ3v) is 5.02. The molecule has 1 heterocycles. The summed E-state index contributed by atoms with van der Waals surface area (Å²) in [5.74, 6) is 0. The van der Waals surface area contributed by atoms with Gasteiger partial charge >= 0.3 is 0 Å². The predicted octanol–water partition coefficient (Wildman–Crippen LogP) is 3.40. The molecule has 0 spiro atoms. The van der Waals surface area contributed by atoms with Crippen LogP contribution in [-0.2, 0) is 18.4 Å². The molecule has 0 saturated heterocycles. The molecule has 17 heavy (non-hydrogen) atoms. The van der Waals surface area contributed by atoms with Crippen molar-refractivity contribution in [3.8, 4) is 0 Å². The van der Waals surface area contributed by atoms with Gasteiger partial charge in [-0.15, -0.1) is 11.3 Å². The van der Waals surface area contributed by atoms with Crippen molar-refractivity contribution >= 4 is 11.3 Å². The fraction of sp³-hybridized carbons (Fsp3) is 0.333. The zero-order chi connectivity index (χ0) is 11.9. The van der Waals surface area contributed by atoms with Crippen LogP contribution in [-0.4, -0.2) is 0 Å². The lowest BCUT2D eigenvalue weighted by Gasteiger charge is -2.34. The first-order valence-corrected chi connectivity index (χ1v) is 6.97. The minimum absolute atomic E-state index is 0.146. The lowest BCUT2D eigenvalue weighted by Crippen LogP contribution is -2.41. The van der Waals surface area contributed by atoms with Crippen LogP contribution in [0.5, 0.6) is 0 Å². The Morgan fingerprint density at radius 1 is 1.18 bits per heavy atom. The number of benzene rings is 1. The molecule has 1 aromatic carbocycles. The van der Waals surface area contributed by atoms with E-state index in [9.17, 15) is 0 Å². The van der Waals surface area contributed by atoms with Gasteiger partial charge in [0, 0.05) is 4.88 Å². The molecule has 1 aliphatic carbocycles. The molecular formula is C15H17NS. The molecule has 0 saturated carbocycles. The number of hydrogen-bond acceptors (Lipinski definition) is 2. The third-order valence-electron chi connectivity index (χ3n) is 3.78. The summed E-state index contributed by atoms with van der Waals surface area (Å²) in [6.45, 7) is 2.17. The molecule has 2 heteroatoms. The van der Waals surface area contributed by atoms with Gasteiger partial charge in [-0.25, -0.2) is 0 Å². The molecule has 1 atom stereocenters. The molecule has 0 radical (unpaired) electrons. The minimum atomic E-state index is -0.146. The smallest absolute Gasteiger partial charge is 0.0550 e. The van der Waals surface area contributed by atoms with Crippen LogP contribution in [0, 0.1) is 6.92 Å². The Morgan fingerprint density at radius 3 is 2.65 bits per heavy atom. The molecule has 0 aliphatic heterocycles. The van der Waals surface area contributed by atoms with Crippen LogP contribution in [0.15, 0.2) is 35.7 Å². The summed E-state index contributed by atoms with van der Waals surface area (Å²) in [6, 6.07) is 10.9. The zero-order valence-electron chi connectivity index (χ0n) is 10.1. The predicted molar refractivity (Wildman–Crippen MR) is 73.4 cm³/mol. The van der Waals surface area contributed by atoms with E-state index in [1.165, 1.54) is 21.6 Å². The van der Waals surface area contributed by atoms with Crippen molar-refractivity contribution in [2.45, 2.75) is 31.7 Å². The summed E-state index contributed by atoms with van der Waals surface area (Å²) >= 11 is 1.80. The maximum atomic E-state index is 6.65. The Labute approximate surface area is 106 Å².